The summed E-state index contributed by atoms with van der Waals surface area (Å²) in [5.41, 5.74) is 0. The van der Waals surface area contributed by atoms with Crippen molar-refractivity contribution in [2.24, 2.45) is 0 Å². The van der Waals surface area contributed by atoms with E-state index in [4.69, 9.17) is 18.9 Å². The molecule has 1 rings (SSSR count). The Balaban J connectivity index is 2.35. The van der Waals surface area contributed by atoms with E-state index in [-0.39, 0.29) is 19.2 Å². The van der Waals surface area contributed by atoms with E-state index in [2.05, 4.69) is 74.6 Å². The number of hydrogen-bond acceptors (Lipinski definition) is 9. The highest BCUT2D eigenvalue weighted by molar-refractivity contribution is 5.69. The average molecular weight is 749 g/mol. The molecule has 0 bridgehead atoms. The Morgan fingerprint density at radius 1 is 0.623 bits per heavy atom. The monoisotopic (exact) mass is 749 g/mol. The molecular formula is C44H76O9. The molecule has 6 atom stereocenters. The molecule has 0 radical (unpaired) electrons. The third-order valence-corrected chi connectivity index (χ3v) is 9.17. The number of aliphatic hydroxyl groups excluding tert-OH is 4. The average Bonchev–Trinajstić information content (AvgIpc) is 3.16. The van der Waals surface area contributed by atoms with Gasteiger partial charge in [-0.2, -0.15) is 0 Å². The first-order valence-electron chi connectivity index (χ1n) is 20.9. The Kier molecular flexibility index (Phi) is 32.8. The molecule has 53 heavy (non-hydrogen) atoms. The molecule has 306 valence electrons. The molecule has 1 saturated heterocycles. The Labute approximate surface area is 322 Å². The zero-order valence-corrected chi connectivity index (χ0v) is 33.2. The van der Waals surface area contributed by atoms with E-state index in [1.807, 2.05) is 0 Å². The van der Waals surface area contributed by atoms with E-state index in [0.29, 0.717) is 13.0 Å². The first-order chi connectivity index (χ1) is 25.9. The highest BCUT2D eigenvalue weighted by Gasteiger charge is 2.44. The number of carbonyl (C=O) groups excluding carboxylic acids is 1. The summed E-state index contributed by atoms with van der Waals surface area (Å²) in [4.78, 5) is 12.7. The molecule has 1 fully saturated rings. The van der Waals surface area contributed by atoms with Crippen LogP contribution in [0.25, 0.3) is 0 Å². The van der Waals surface area contributed by atoms with Crippen molar-refractivity contribution in [2.75, 3.05) is 26.4 Å². The fourth-order valence-electron chi connectivity index (χ4n) is 5.90. The van der Waals surface area contributed by atoms with Gasteiger partial charge in [0.15, 0.2) is 6.29 Å². The molecule has 0 saturated carbocycles. The molecule has 0 amide bonds. The molecule has 4 N–H and O–H groups in total. The van der Waals surface area contributed by atoms with Gasteiger partial charge in [-0.1, -0.05) is 132 Å². The van der Waals surface area contributed by atoms with Crippen LogP contribution in [0.15, 0.2) is 60.8 Å². The normalized spacial score (nSPS) is 21.7. The fourth-order valence-corrected chi connectivity index (χ4v) is 5.90. The third-order valence-electron chi connectivity index (χ3n) is 9.17. The minimum atomic E-state index is -1.55. The van der Waals surface area contributed by atoms with E-state index >= 15 is 0 Å². The third kappa shape index (κ3) is 27.2. The maximum absolute atomic E-state index is 12.7. The predicted octanol–water partition coefficient (Wildman–Crippen LogP) is 8.74. The van der Waals surface area contributed by atoms with Crippen molar-refractivity contribution in [3.05, 3.63) is 60.8 Å². The molecule has 6 unspecified atom stereocenters. The minimum absolute atomic E-state index is 0.101. The second-order valence-corrected chi connectivity index (χ2v) is 14.0. The van der Waals surface area contributed by atoms with E-state index in [1.54, 1.807) is 0 Å². The number of carbonyl (C=O) groups is 1. The SMILES string of the molecule is CC/C=C\C/C=C\C/C=C\C/C=C\CCCOCC(COC1OC(CO)C(O)C(O)C1O)OC(=O)CCCCCCC/C=C\CCCCCCCCC. The van der Waals surface area contributed by atoms with Gasteiger partial charge in [-0.3, -0.25) is 4.79 Å². The molecule has 0 aromatic heterocycles. The number of ether oxygens (including phenoxy) is 4. The second-order valence-electron chi connectivity index (χ2n) is 14.0. The van der Waals surface area contributed by atoms with Crippen LogP contribution in [0.1, 0.15) is 149 Å². The largest absolute Gasteiger partial charge is 0.457 e. The van der Waals surface area contributed by atoms with E-state index in [1.165, 1.54) is 51.4 Å². The molecule has 0 aliphatic carbocycles. The Bertz CT molecular complexity index is 989. The maximum Gasteiger partial charge on any atom is 0.306 e. The van der Waals surface area contributed by atoms with E-state index in [0.717, 1.165) is 77.0 Å². The van der Waals surface area contributed by atoms with Gasteiger partial charge in [0.25, 0.3) is 0 Å². The molecule has 9 heteroatoms. The topological polar surface area (TPSA) is 135 Å². The van der Waals surface area contributed by atoms with Crippen LogP contribution >= 0.6 is 0 Å². The van der Waals surface area contributed by atoms with Crippen molar-refractivity contribution in [1.29, 1.82) is 0 Å². The van der Waals surface area contributed by atoms with Crippen molar-refractivity contribution < 1.29 is 44.2 Å². The smallest absolute Gasteiger partial charge is 0.306 e. The molecule has 0 aromatic rings. The van der Waals surface area contributed by atoms with Gasteiger partial charge in [-0.25, -0.2) is 0 Å². The number of aliphatic hydroxyl groups is 4. The van der Waals surface area contributed by atoms with Crippen LogP contribution in [-0.4, -0.2) is 89.6 Å². The molecule has 9 nitrogen and oxygen atoms in total. The summed E-state index contributed by atoms with van der Waals surface area (Å²) in [7, 11) is 0. The van der Waals surface area contributed by atoms with Crippen molar-refractivity contribution in [2.45, 2.75) is 185 Å². The van der Waals surface area contributed by atoms with Gasteiger partial charge in [-0.05, 0) is 70.6 Å². The zero-order chi connectivity index (χ0) is 38.6. The lowest BCUT2D eigenvalue weighted by Crippen LogP contribution is -2.59. The standard InChI is InChI=1S/C44H76O9/c1-3-5-7-9-11-13-15-17-19-20-21-23-25-27-29-31-33-40(46)52-38(37-51-44-43(49)42(48)41(47)39(35-45)53-44)36-50-34-32-30-28-26-24-22-18-16-14-12-10-8-6-4-2/h6,8,12,14,18-20,22,26,28,38-39,41-45,47-49H,3-5,7,9-11,13,15-17,21,23-25,27,29-37H2,1-2H3/b8-6-,14-12-,20-19-,22-18-,28-26-. The zero-order valence-electron chi connectivity index (χ0n) is 33.2. The lowest BCUT2D eigenvalue weighted by Gasteiger charge is -2.39. The van der Waals surface area contributed by atoms with Crippen LogP contribution in [0.5, 0.6) is 0 Å². The Morgan fingerprint density at radius 3 is 1.75 bits per heavy atom. The van der Waals surface area contributed by atoms with Crippen molar-refractivity contribution in [1.82, 2.24) is 0 Å². The van der Waals surface area contributed by atoms with Crippen LogP contribution in [0.4, 0.5) is 0 Å². The number of esters is 1. The van der Waals surface area contributed by atoms with Crippen molar-refractivity contribution in [3.8, 4) is 0 Å². The molecule has 1 aliphatic rings. The van der Waals surface area contributed by atoms with Crippen LogP contribution < -0.4 is 0 Å². The lowest BCUT2D eigenvalue weighted by molar-refractivity contribution is -0.305. The highest BCUT2D eigenvalue weighted by atomic mass is 16.7. The second kappa shape index (κ2) is 35.6. The summed E-state index contributed by atoms with van der Waals surface area (Å²) < 4.78 is 22.7. The fraction of sp³-hybridized carbons (Fsp3) is 0.750. The summed E-state index contributed by atoms with van der Waals surface area (Å²) in [6.07, 6.45) is 36.8. The minimum Gasteiger partial charge on any atom is -0.457 e. The quantitative estimate of drug-likeness (QED) is 0.0290. The number of unbranched alkanes of at least 4 members (excludes halogenated alkanes) is 13. The van der Waals surface area contributed by atoms with Gasteiger partial charge < -0.3 is 39.4 Å². The summed E-state index contributed by atoms with van der Waals surface area (Å²) in [6, 6.07) is 0. The number of hydrogen-bond donors (Lipinski definition) is 4. The van der Waals surface area contributed by atoms with Crippen LogP contribution in [0.3, 0.4) is 0 Å². The molecule has 1 aliphatic heterocycles. The molecule has 0 spiro atoms. The lowest BCUT2D eigenvalue weighted by atomic mass is 9.99. The summed E-state index contributed by atoms with van der Waals surface area (Å²) in [5.74, 6) is -0.343. The van der Waals surface area contributed by atoms with E-state index in [9.17, 15) is 25.2 Å². The van der Waals surface area contributed by atoms with Crippen molar-refractivity contribution in [3.63, 3.8) is 0 Å². The summed E-state index contributed by atoms with van der Waals surface area (Å²) in [6.45, 7) is 4.27. The Morgan fingerprint density at radius 2 is 1.15 bits per heavy atom. The number of allylic oxidation sites excluding steroid dienone is 10. The number of rotatable bonds is 34. The molecule has 1 heterocycles. The summed E-state index contributed by atoms with van der Waals surface area (Å²) in [5, 5.41) is 40.0. The first kappa shape index (κ1) is 48.9. The van der Waals surface area contributed by atoms with Crippen LogP contribution in [-0.2, 0) is 23.7 Å². The highest BCUT2D eigenvalue weighted by Crippen LogP contribution is 2.22. The van der Waals surface area contributed by atoms with Gasteiger partial charge in [0.05, 0.1) is 19.8 Å². The van der Waals surface area contributed by atoms with Gasteiger partial charge in [-0.15, -0.1) is 0 Å². The predicted molar refractivity (Wildman–Crippen MR) is 214 cm³/mol. The van der Waals surface area contributed by atoms with Crippen LogP contribution in [0, 0.1) is 0 Å². The van der Waals surface area contributed by atoms with Crippen LogP contribution in [0.2, 0.25) is 0 Å². The van der Waals surface area contributed by atoms with Gasteiger partial charge in [0.2, 0.25) is 0 Å². The van der Waals surface area contributed by atoms with Crippen molar-refractivity contribution >= 4 is 5.97 Å². The maximum atomic E-state index is 12.7. The Hall–Kier alpha value is -2.11. The molecular weight excluding hydrogens is 672 g/mol. The summed E-state index contributed by atoms with van der Waals surface area (Å²) >= 11 is 0. The first-order valence-corrected chi connectivity index (χ1v) is 20.9. The van der Waals surface area contributed by atoms with E-state index < -0.39 is 43.4 Å². The molecule has 0 aromatic carbocycles. The van der Waals surface area contributed by atoms with Gasteiger partial charge in [0, 0.05) is 13.0 Å². The van der Waals surface area contributed by atoms with Gasteiger partial charge >= 0.3 is 5.97 Å². The van der Waals surface area contributed by atoms with Gasteiger partial charge in [0.1, 0.15) is 30.5 Å².